The van der Waals surface area contributed by atoms with Gasteiger partial charge in [0.2, 0.25) is 5.43 Å². The summed E-state index contributed by atoms with van der Waals surface area (Å²) in [6, 6.07) is 2.61. The first kappa shape index (κ1) is 21.2. The van der Waals surface area contributed by atoms with Crippen LogP contribution in [0.4, 0.5) is 8.78 Å². The predicted octanol–water partition coefficient (Wildman–Crippen LogP) is 2.23. The maximum atomic E-state index is 13.8. The lowest BCUT2D eigenvalue weighted by Crippen LogP contribution is -2.52. The molecule has 31 heavy (non-hydrogen) atoms. The van der Waals surface area contributed by atoms with Crippen molar-refractivity contribution >= 4 is 11.7 Å². The van der Waals surface area contributed by atoms with Gasteiger partial charge in [0, 0.05) is 42.4 Å². The number of likely N-dealkylation sites (tertiary alicyclic amines) is 1. The van der Waals surface area contributed by atoms with Crippen LogP contribution in [-0.4, -0.2) is 45.9 Å². The van der Waals surface area contributed by atoms with Crippen LogP contribution in [0.2, 0.25) is 0 Å². The SMILES string of the molecule is CN1CC[C@@H]2[C@H]1C(C)(C)C(=O)c1c(O)c(=O)c(C(=O)NCc3ccc(F)cc3F)cn12. The number of rotatable bonds is 3. The number of halogens is 2. The number of ketones is 1. The molecule has 1 fully saturated rings. The number of amides is 1. The summed E-state index contributed by atoms with van der Waals surface area (Å²) >= 11 is 0. The molecule has 2 aliphatic rings. The number of nitrogens with zero attached hydrogens (tertiary/aromatic N) is 2. The Morgan fingerprint density at radius 3 is 2.68 bits per heavy atom. The summed E-state index contributed by atoms with van der Waals surface area (Å²) in [6.07, 6.45) is 1.99. The van der Waals surface area contributed by atoms with E-state index >= 15 is 0 Å². The maximum Gasteiger partial charge on any atom is 0.257 e. The number of carbonyl (C=O) groups is 2. The Morgan fingerprint density at radius 1 is 1.29 bits per heavy atom. The van der Waals surface area contributed by atoms with Crippen molar-refractivity contribution in [2.75, 3.05) is 13.6 Å². The van der Waals surface area contributed by atoms with Crippen LogP contribution in [0.15, 0.2) is 29.2 Å². The smallest absolute Gasteiger partial charge is 0.257 e. The Labute approximate surface area is 177 Å². The molecule has 0 spiro atoms. The third-order valence-electron chi connectivity index (χ3n) is 6.42. The number of hydrogen-bond donors (Lipinski definition) is 2. The highest BCUT2D eigenvalue weighted by atomic mass is 19.1. The highest BCUT2D eigenvalue weighted by Crippen LogP contribution is 2.46. The van der Waals surface area contributed by atoms with Crippen LogP contribution in [0, 0.1) is 17.0 Å². The van der Waals surface area contributed by atoms with Gasteiger partial charge in [0.1, 0.15) is 22.9 Å². The van der Waals surface area contributed by atoms with Crippen LogP contribution >= 0.6 is 0 Å². The molecule has 4 rings (SSSR count). The van der Waals surface area contributed by atoms with Gasteiger partial charge in [-0.25, -0.2) is 8.78 Å². The molecule has 0 aliphatic carbocycles. The molecule has 2 N–H and O–H groups in total. The number of carbonyl (C=O) groups excluding carboxylic acids is 2. The number of aromatic hydroxyl groups is 1. The summed E-state index contributed by atoms with van der Waals surface area (Å²) in [4.78, 5) is 40.6. The van der Waals surface area contributed by atoms with Crippen molar-refractivity contribution in [3.8, 4) is 5.75 Å². The molecule has 7 nitrogen and oxygen atoms in total. The van der Waals surface area contributed by atoms with E-state index in [1.54, 1.807) is 13.8 Å². The number of hydrogen-bond acceptors (Lipinski definition) is 5. The molecule has 1 amide bonds. The highest BCUT2D eigenvalue weighted by molar-refractivity contribution is 6.03. The Morgan fingerprint density at radius 2 is 2.00 bits per heavy atom. The van der Waals surface area contributed by atoms with E-state index in [9.17, 15) is 28.3 Å². The Bertz CT molecular complexity index is 1160. The van der Waals surface area contributed by atoms with Crippen LogP contribution in [0.3, 0.4) is 0 Å². The number of likely N-dealkylation sites (N-methyl/N-ethyl adjacent to an activating group) is 1. The molecule has 1 aromatic heterocycles. The molecule has 2 aromatic rings. The summed E-state index contributed by atoms with van der Waals surface area (Å²) in [7, 11) is 1.91. The first-order valence-electron chi connectivity index (χ1n) is 9.99. The lowest BCUT2D eigenvalue weighted by molar-refractivity contribution is 0.0540. The van der Waals surface area contributed by atoms with Gasteiger partial charge in [0.25, 0.3) is 5.91 Å². The second kappa shape index (κ2) is 7.26. The van der Waals surface area contributed by atoms with Gasteiger partial charge in [-0.05, 0) is 19.5 Å². The van der Waals surface area contributed by atoms with Gasteiger partial charge >= 0.3 is 0 Å². The normalized spacial score (nSPS) is 22.2. The van der Waals surface area contributed by atoms with Gasteiger partial charge in [0.15, 0.2) is 11.5 Å². The summed E-state index contributed by atoms with van der Waals surface area (Å²) in [6.45, 7) is 4.04. The number of Topliss-reactive ketones (excluding diaryl/α,β-unsaturated/α-hetero) is 1. The highest BCUT2D eigenvalue weighted by Gasteiger charge is 2.53. The minimum absolute atomic E-state index is 0.0476. The van der Waals surface area contributed by atoms with Crippen molar-refractivity contribution in [1.29, 1.82) is 0 Å². The van der Waals surface area contributed by atoms with Crippen molar-refractivity contribution in [2.24, 2.45) is 5.41 Å². The predicted molar refractivity (Wildman–Crippen MR) is 108 cm³/mol. The number of pyridine rings is 1. The first-order chi connectivity index (χ1) is 14.5. The zero-order valence-electron chi connectivity index (χ0n) is 17.4. The molecule has 164 valence electrons. The summed E-state index contributed by atoms with van der Waals surface area (Å²) < 4.78 is 28.4. The molecule has 0 bridgehead atoms. The summed E-state index contributed by atoms with van der Waals surface area (Å²) in [5.41, 5.74) is -2.16. The van der Waals surface area contributed by atoms with Crippen molar-refractivity contribution in [1.82, 2.24) is 14.8 Å². The minimum Gasteiger partial charge on any atom is -0.503 e. The van der Waals surface area contributed by atoms with Gasteiger partial charge in [0.05, 0.1) is 6.04 Å². The molecular formula is C22H23F2N3O4. The van der Waals surface area contributed by atoms with Crippen molar-refractivity contribution in [3.05, 3.63) is 63.1 Å². The Kier molecular flexibility index (Phi) is 4.96. The van der Waals surface area contributed by atoms with Gasteiger partial charge < -0.3 is 19.9 Å². The van der Waals surface area contributed by atoms with E-state index in [2.05, 4.69) is 10.2 Å². The summed E-state index contributed by atoms with van der Waals surface area (Å²) in [5.74, 6) is -3.51. The first-order valence-corrected chi connectivity index (χ1v) is 9.99. The molecular weight excluding hydrogens is 408 g/mol. The van der Waals surface area contributed by atoms with Crippen molar-refractivity contribution in [2.45, 2.75) is 38.9 Å². The number of fused-ring (bicyclic) bond motifs is 3. The molecule has 2 atom stereocenters. The average molecular weight is 431 g/mol. The molecule has 1 aromatic carbocycles. The minimum atomic E-state index is -0.961. The van der Waals surface area contributed by atoms with Gasteiger partial charge in [-0.1, -0.05) is 19.9 Å². The van der Waals surface area contributed by atoms with Crippen molar-refractivity contribution < 1.29 is 23.5 Å². The van der Waals surface area contributed by atoms with E-state index in [0.29, 0.717) is 12.5 Å². The van der Waals surface area contributed by atoms with Crippen LogP contribution in [0.1, 0.15) is 52.7 Å². The van der Waals surface area contributed by atoms with Gasteiger partial charge in [-0.15, -0.1) is 0 Å². The largest absolute Gasteiger partial charge is 0.503 e. The van der Waals surface area contributed by atoms with Crippen molar-refractivity contribution in [3.63, 3.8) is 0 Å². The van der Waals surface area contributed by atoms with Crippen LogP contribution < -0.4 is 10.7 Å². The fourth-order valence-electron chi connectivity index (χ4n) is 4.89. The lowest BCUT2D eigenvalue weighted by Gasteiger charge is -2.44. The zero-order valence-corrected chi connectivity index (χ0v) is 17.4. The molecule has 3 heterocycles. The van der Waals surface area contributed by atoms with Gasteiger partial charge in [-0.2, -0.15) is 0 Å². The molecule has 0 unspecified atom stereocenters. The maximum absolute atomic E-state index is 13.8. The molecule has 2 aliphatic heterocycles. The second-order valence-corrected chi connectivity index (χ2v) is 8.73. The van der Waals surface area contributed by atoms with Crippen LogP contribution in [0.5, 0.6) is 5.75 Å². The number of nitrogens with one attached hydrogen (secondary N) is 1. The van der Waals surface area contributed by atoms with E-state index in [-0.39, 0.29) is 41.2 Å². The number of aromatic nitrogens is 1. The van der Waals surface area contributed by atoms with E-state index < -0.39 is 34.1 Å². The van der Waals surface area contributed by atoms with Crippen LogP contribution in [0.25, 0.3) is 0 Å². The average Bonchev–Trinajstić information content (AvgIpc) is 3.10. The van der Waals surface area contributed by atoms with Gasteiger partial charge in [-0.3, -0.25) is 14.4 Å². The van der Waals surface area contributed by atoms with E-state index in [4.69, 9.17) is 0 Å². The Balaban J connectivity index is 1.71. The number of benzene rings is 1. The molecule has 0 radical (unpaired) electrons. The van der Waals surface area contributed by atoms with Crippen LogP contribution in [-0.2, 0) is 6.54 Å². The quantitative estimate of drug-likeness (QED) is 0.778. The Hall–Kier alpha value is -3.07. The third kappa shape index (κ3) is 3.23. The van der Waals surface area contributed by atoms with E-state index in [0.717, 1.165) is 12.6 Å². The topological polar surface area (TPSA) is 91.6 Å². The van der Waals surface area contributed by atoms with E-state index in [1.165, 1.54) is 16.8 Å². The second-order valence-electron chi connectivity index (χ2n) is 8.73. The molecule has 9 heteroatoms. The lowest BCUT2D eigenvalue weighted by atomic mass is 9.72. The standard InChI is InChI=1S/C22H23F2N3O4/c1-22(2)19-15(6-7-26(19)3)27-10-13(17(28)18(29)16(27)20(22)30)21(31)25-9-11-4-5-12(23)8-14(11)24/h4-5,8,10,15,19,29H,6-7,9H2,1-3H3,(H,25,31)/t15-,19+/m1/s1. The molecule has 0 saturated carbocycles. The fourth-order valence-corrected chi connectivity index (χ4v) is 4.89. The fraction of sp³-hybridized carbons (Fsp3) is 0.409. The third-order valence-corrected chi connectivity index (χ3v) is 6.42. The molecule has 1 saturated heterocycles. The monoisotopic (exact) mass is 431 g/mol. The zero-order chi connectivity index (χ0) is 22.7. The summed E-state index contributed by atoms with van der Waals surface area (Å²) in [5, 5.41) is 13.0. The van der Waals surface area contributed by atoms with E-state index in [1.807, 2.05) is 7.05 Å².